The average molecular weight is 296 g/mol. The molecule has 0 radical (unpaired) electrons. The minimum absolute atomic E-state index is 0.373. The van der Waals surface area contributed by atoms with Crippen molar-refractivity contribution in [2.24, 2.45) is 17.8 Å². The molecule has 0 aromatic heterocycles. The zero-order valence-electron chi connectivity index (χ0n) is 12.6. The summed E-state index contributed by atoms with van der Waals surface area (Å²) in [5, 5.41) is 0. The Hall–Kier alpha value is -0.990. The van der Waals surface area contributed by atoms with Crippen LogP contribution in [0.2, 0.25) is 0 Å². The van der Waals surface area contributed by atoms with Crippen molar-refractivity contribution in [3.63, 3.8) is 0 Å². The number of rotatable bonds is 3. The predicted molar refractivity (Wildman–Crippen MR) is 77.6 cm³/mol. The molecule has 3 heteroatoms. The first-order valence-electron chi connectivity index (χ1n) is 8.25. The van der Waals surface area contributed by atoms with Crippen molar-refractivity contribution in [3.8, 4) is 0 Å². The van der Waals surface area contributed by atoms with Gasteiger partial charge in [-0.2, -0.15) is 0 Å². The molecule has 1 unspecified atom stereocenters. The van der Waals surface area contributed by atoms with Crippen LogP contribution in [-0.2, 0) is 12.8 Å². The molecule has 2 aliphatic rings. The smallest absolute Gasteiger partial charge is 0.194 e. The summed E-state index contributed by atoms with van der Waals surface area (Å²) in [4.78, 5) is 0. The van der Waals surface area contributed by atoms with Crippen LogP contribution in [0.1, 0.15) is 56.6 Å². The van der Waals surface area contributed by atoms with Gasteiger partial charge in [-0.1, -0.05) is 32.6 Å². The molecule has 1 aromatic carbocycles. The maximum Gasteiger partial charge on any atom is 0.194 e. The van der Waals surface area contributed by atoms with Gasteiger partial charge in [-0.3, -0.25) is 0 Å². The van der Waals surface area contributed by atoms with Crippen molar-refractivity contribution in [1.29, 1.82) is 0 Å². The minimum atomic E-state index is -1.30. The van der Waals surface area contributed by atoms with Crippen molar-refractivity contribution < 1.29 is 13.2 Å². The van der Waals surface area contributed by atoms with Crippen LogP contribution >= 0.6 is 0 Å². The second kappa shape index (κ2) is 6.02. The molecule has 116 valence electrons. The third kappa shape index (κ3) is 2.84. The number of benzene rings is 1. The highest BCUT2D eigenvalue weighted by Crippen LogP contribution is 2.42. The van der Waals surface area contributed by atoms with Crippen LogP contribution in [0.25, 0.3) is 0 Å². The SMILES string of the molecule is CCC[C@H]1CC[C@H](C2Cc3cc(F)c(F)c(F)c3C2)CC1. The molecule has 0 nitrogen and oxygen atoms in total. The fourth-order valence-electron chi connectivity index (χ4n) is 4.39. The third-order valence-electron chi connectivity index (χ3n) is 5.56. The van der Waals surface area contributed by atoms with Crippen molar-refractivity contribution in [3.05, 3.63) is 34.6 Å². The van der Waals surface area contributed by atoms with Crippen molar-refractivity contribution in [1.82, 2.24) is 0 Å². The lowest BCUT2D eigenvalue weighted by molar-refractivity contribution is 0.201. The lowest BCUT2D eigenvalue weighted by Gasteiger charge is -2.32. The molecule has 0 saturated heterocycles. The summed E-state index contributed by atoms with van der Waals surface area (Å²) in [6, 6.07) is 1.20. The van der Waals surface area contributed by atoms with E-state index in [1.807, 2.05) is 0 Å². The second-order valence-electron chi connectivity index (χ2n) is 6.86. The van der Waals surface area contributed by atoms with Gasteiger partial charge in [0.25, 0.3) is 0 Å². The number of hydrogen-bond acceptors (Lipinski definition) is 0. The van der Waals surface area contributed by atoms with Crippen LogP contribution in [0.15, 0.2) is 6.07 Å². The second-order valence-corrected chi connectivity index (χ2v) is 6.86. The van der Waals surface area contributed by atoms with Crippen LogP contribution in [0, 0.1) is 35.2 Å². The van der Waals surface area contributed by atoms with Gasteiger partial charge in [-0.25, -0.2) is 13.2 Å². The largest absolute Gasteiger partial charge is 0.204 e. The number of halogens is 3. The van der Waals surface area contributed by atoms with Crippen LogP contribution in [0.3, 0.4) is 0 Å². The van der Waals surface area contributed by atoms with Gasteiger partial charge in [0.05, 0.1) is 0 Å². The first-order chi connectivity index (χ1) is 10.1. The molecule has 0 amide bonds. The Kier molecular flexibility index (Phi) is 4.28. The topological polar surface area (TPSA) is 0 Å². The van der Waals surface area contributed by atoms with Crippen LogP contribution < -0.4 is 0 Å². The molecule has 1 saturated carbocycles. The molecule has 1 atom stereocenters. The zero-order valence-corrected chi connectivity index (χ0v) is 12.6. The van der Waals surface area contributed by atoms with Gasteiger partial charge in [0, 0.05) is 0 Å². The summed E-state index contributed by atoms with van der Waals surface area (Å²) >= 11 is 0. The van der Waals surface area contributed by atoms with E-state index >= 15 is 0 Å². The standard InChI is InChI=1S/C18H23F3/c1-2-3-11-4-6-12(7-5-11)13-8-14-10-16(19)18(21)17(20)15(14)9-13/h10-13H,2-9H2,1H3/t11-,12-,13?. The van der Waals surface area contributed by atoms with E-state index in [1.165, 1.54) is 44.6 Å². The Labute approximate surface area is 124 Å². The summed E-state index contributed by atoms with van der Waals surface area (Å²) in [5.74, 6) is -1.48. The summed E-state index contributed by atoms with van der Waals surface area (Å²) in [7, 11) is 0. The van der Waals surface area contributed by atoms with Crippen LogP contribution in [0.5, 0.6) is 0 Å². The Bertz CT molecular complexity index is 516. The normalized spacial score (nSPS) is 28.7. The molecule has 0 bridgehead atoms. The molecule has 0 aliphatic heterocycles. The first-order valence-corrected chi connectivity index (χ1v) is 8.25. The number of fused-ring (bicyclic) bond motifs is 1. The maximum atomic E-state index is 13.9. The highest BCUT2D eigenvalue weighted by atomic mass is 19.2. The lowest BCUT2D eigenvalue weighted by atomic mass is 9.74. The molecule has 1 aromatic rings. The molecule has 0 N–H and O–H groups in total. The first kappa shape index (κ1) is 14.9. The van der Waals surface area contributed by atoms with Crippen molar-refractivity contribution in [2.45, 2.75) is 58.3 Å². The molecular formula is C18H23F3. The van der Waals surface area contributed by atoms with Gasteiger partial charge in [0.15, 0.2) is 17.5 Å². The van der Waals surface area contributed by atoms with E-state index < -0.39 is 17.5 Å². The fourth-order valence-corrected chi connectivity index (χ4v) is 4.39. The highest BCUT2D eigenvalue weighted by molar-refractivity contribution is 5.35. The monoisotopic (exact) mass is 296 g/mol. The van der Waals surface area contributed by atoms with E-state index in [0.717, 1.165) is 5.92 Å². The average Bonchev–Trinajstić information content (AvgIpc) is 2.90. The summed E-state index contributed by atoms with van der Waals surface area (Å²) in [6.45, 7) is 2.23. The van der Waals surface area contributed by atoms with E-state index in [4.69, 9.17) is 0 Å². The van der Waals surface area contributed by atoms with Crippen molar-refractivity contribution in [2.75, 3.05) is 0 Å². The van der Waals surface area contributed by atoms with Gasteiger partial charge in [-0.15, -0.1) is 0 Å². The zero-order chi connectivity index (χ0) is 15.0. The molecule has 3 rings (SSSR count). The fraction of sp³-hybridized carbons (Fsp3) is 0.667. The van der Waals surface area contributed by atoms with E-state index in [0.29, 0.717) is 35.8 Å². The lowest BCUT2D eigenvalue weighted by Crippen LogP contribution is -2.22. The van der Waals surface area contributed by atoms with E-state index in [2.05, 4.69) is 6.92 Å². The Morgan fingerprint density at radius 1 is 0.952 bits per heavy atom. The van der Waals surface area contributed by atoms with Gasteiger partial charge >= 0.3 is 0 Å². The Morgan fingerprint density at radius 2 is 1.67 bits per heavy atom. The summed E-state index contributed by atoms with van der Waals surface area (Å²) in [5.41, 5.74) is 1.11. The molecule has 0 heterocycles. The Balaban J connectivity index is 1.67. The quantitative estimate of drug-likeness (QED) is 0.653. The molecular weight excluding hydrogens is 273 g/mol. The van der Waals surface area contributed by atoms with E-state index in [9.17, 15) is 13.2 Å². The highest BCUT2D eigenvalue weighted by Gasteiger charge is 2.34. The van der Waals surface area contributed by atoms with Crippen LogP contribution in [0.4, 0.5) is 13.2 Å². The molecule has 21 heavy (non-hydrogen) atoms. The minimum Gasteiger partial charge on any atom is -0.204 e. The summed E-state index contributed by atoms with van der Waals surface area (Å²) < 4.78 is 40.5. The maximum absolute atomic E-state index is 13.9. The number of hydrogen-bond donors (Lipinski definition) is 0. The Morgan fingerprint density at radius 3 is 2.33 bits per heavy atom. The van der Waals surface area contributed by atoms with Gasteiger partial charge < -0.3 is 0 Å². The van der Waals surface area contributed by atoms with Gasteiger partial charge in [0.2, 0.25) is 0 Å². The van der Waals surface area contributed by atoms with E-state index in [1.54, 1.807) is 0 Å². The van der Waals surface area contributed by atoms with Gasteiger partial charge in [0.1, 0.15) is 0 Å². The van der Waals surface area contributed by atoms with Gasteiger partial charge in [-0.05, 0) is 60.6 Å². The van der Waals surface area contributed by atoms with E-state index in [-0.39, 0.29) is 0 Å². The van der Waals surface area contributed by atoms with Crippen molar-refractivity contribution >= 4 is 0 Å². The molecule has 0 spiro atoms. The third-order valence-corrected chi connectivity index (χ3v) is 5.56. The summed E-state index contributed by atoms with van der Waals surface area (Å²) in [6.07, 6.45) is 8.75. The molecule has 1 fully saturated rings. The predicted octanol–water partition coefficient (Wildman–Crippen LogP) is 5.43. The van der Waals surface area contributed by atoms with Crippen LogP contribution in [-0.4, -0.2) is 0 Å². The molecule has 2 aliphatic carbocycles.